The molecule has 1 atom stereocenters. The Morgan fingerprint density at radius 1 is 1.15 bits per heavy atom. The molecule has 1 unspecified atom stereocenters. The van der Waals surface area contributed by atoms with E-state index < -0.39 is 6.04 Å². The molecule has 146 valence electrons. The largest absolute Gasteiger partial charge is 0.327 e. The number of rotatable bonds is 5. The molecule has 1 aliphatic heterocycles. The molecule has 0 aromatic heterocycles. The third-order valence-corrected chi connectivity index (χ3v) is 5.19. The average molecular weight is 370 g/mol. The summed E-state index contributed by atoms with van der Waals surface area (Å²) < 4.78 is 0. The second-order valence-electron chi connectivity index (χ2n) is 9.30. The highest BCUT2D eigenvalue weighted by Gasteiger charge is 2.48. The van der Waals surface area contributed by atoms with Crippen molar-refractivity contribution in [3.63, 3.8) is 0 Å². The number of amides is 3. The number of carbonyl (C=O) groups excluding carboxylic acids is 3. The summed E-state index contributed by atoms with van der Waals surface area (Å²) in [4.78, 5) is 41.6. The Balaban J connectivity index is 1.82. The minimum absolute atomic E-state index is 0.0202. The number of carbonyl (C=O) groups is 3. The van der Waals surface area contributed by atoms with Crippen LogP contribution in [0.5, 0.6) is 0 Å². The van der Waals surface area contributed by atoms with Gasteiger partial charge in [0, 0.05) is 12.5 Å². The Kier molecular flexibility index (Phi) is 5.15. The van der Waals surface area contributed by atoms with Crippen molar-refractivity contribution in [1.29, 1.82) is 0 Å². The van der Waals surface area contributed by atoms with E-state index in [1.165, 1.54) is 4.90 Å². The fourth-order valence-electron chi connectivity index (χ4n) is 3.64. The molecule has 0 N–H and O–H groups in total. The van der Waals surface area contributed by atoms with E-state index >= 15 is 0 Å². The van der Waals surface area contributed by atoms with Gasteiger partial charge >= 0.3 is 0 Å². The highest BCUT2D eigenvalue weighted by atomic mass is 16.2. The van der Waals surface area contributed by atoms with Crippen molar-refractivity contribution in [3.05, 3.63) is 29.8 Å². The maximum absolute atomic E-state index is 13.1. The summed E-state index contributed by atoms with van der Waals surface area (Å²) in [5.74, 6) is -0.131. The van der Waals surface area contributed by atoms with Crippen LogP contribution in [-0.2, 0) is 14.4 Å². The Hall–Kier alpha value is -2.17. The van der Waals surface area contributed by atoms with Gasteiger partial charge in [-0.1, -0.05) is 46.8 Å². The van der Waals surface area contributed by atoms with Crippen molar-refractivity contribution in [2.75, 3.05) is 4.90 Å². The highest BCUT2D eigenvalue weighted by molar-refractivity contribution is 6.23. The molecule has 0 bridgehead atoms. The monoisotopic (exact) mass is 370 g/mol. The average Bonchev–Trinajstić information content (AvgIpc) is 3.33. The molecular formula is C22H30N2O3. The van der Waals surface area contributed by atoms with Gasteiger partial charge in [0.15, 0.2) is 0 Å². The summed E-state index contributed by atoms with van der Waals surface area (Å²) in [6.07, 6.45) is 2.29. The van der Waals surface area contributed by atoms with Crippen LogP contribution >= 0.6 is 0 Å². The molecule has 3 amide bonds. The van der Waals surface area contributed by atoms with Gasteiger partial charge in [0.1, 0.15) is 6.04 Å². The molecule has 0 radical (unpaired) electrons. The number of hydrogen-bond acceptors (Lipinski definition) is 3. The molecule has 1 aliphatic carbocycles. The molecular weight excluding hydrogens is 340 g/mol. The lowest BCUT2D eigenvalue weighted by atomic mass is 9.91. The van der Waals surface area contributed by atoms with Crippen molar-refractivity contribution >= 4 is 23.4 Å². The molecule has 2 fully saturated rings. The van der Waals surface area contributed by atoms with Gasteiger partial charge in [-0.05, 0) is 41.9 Å². The van der Waals surface area contributed by atoms with Crippen LogP contribution < -0.4 is 4.90 Å². The molecule has 2 aliphatic rings. The molecule has 0 spiro atoms. The first-order chi connectivity index (χ1) is 12.6. The van der Waals surface area contributed by atoms with Crippen LogP contribution in [0.25, 0.3) is 0 Å². The smallest absolute Gasteiger partial charge is 0.257 e. The lowest BCUT2D eigenvalue weighted by Crippen LogP contribution is -2.47. The Morgan fingerprint density at radius 3 is 2.22 bits per heavy atom. The quantitative estimate of drug-likeness (QED) is 0.739. The number of hydrogen-bond donors (Lipinski definition) is 0. The summed E-state index contributed by atoms with van der Waals surface area (Å²) in [7, 11) is 0. The van der Waals surface area contributed by atoms with Gasteiger partial charge in [0.25, 0.3) is 5.91 Å². The zero-order valence-corrected chi connectivity index (χ0v) is 17.0. The lowest BCUT2D eigenvalue weighted by molar-refractivity contribution is -0.140. The van der Waals surface area contributed by atoms with Crippen LogP contribution in [0.2, 0.25) is 0 Å². The van der Waals surface area contributed by atoms with Gasteiger partial charge in [-0.3, -0.25) is 14.4 Å². The van der Waals surface area contributed by atoms with E-state index in [1.54, 1.807) is 4.90 Å². The number of anilines is 1. The number of nitrogens with zero attached hydrogens (tertiary/aromatic N) is 2. The molecule has 1 saturated carbocycles. The van der Waals surface area contributed by atoms with Gasteiger partial charge in [-0.15, -0.1) is 0 Å². The molecule has 1 aromatic rings. The molecule has 27 heavy (non-hydrogen) atoms. The second kappa shape index (κ2) is 7.10. The Labute approximate surface area is 161 Å². The minimum Gasteiger partial charge on any atom is -0.327 e. The van der Waals surface area contributed by atoms with E-state index in [4.69, 9.17) is 0 Å². The van der Waals surface area contributed by atoms with Crippen molar-refractivity contribution in [2.24, 2.45) is 5.41 Å². The van der Waals surface area contributed by atoms with Crippen LogP contribution in [-0.4, -0.2) is 34.7 Å². The fourth-order valence-corrected chi connectivity index (χ4v) is 3.64. The minimum atomic E-state index is -0.662. The van der Waals surface area contributed by atoms with E-state index in [0.717, 1.165) is 18.4 Å². The van der Waals surface area contributed by atoms with Gasteiger partial charge in [-0.25, -0.2) is 4.90 Å². The third-order valence-electron chi connectivity index (χ3n) is 5.19. The predicted molar refractivity (Wildman–Crippen MR) is 105 cm³/mol. The zero-order chi connectivity index (χ0) is 19.9. The SMILES string of the molecule is CC(C)c1ccc(N2C(=O)CC(N(C(=O)CC(C)(C)C)C3CC3)C2=O)cc1. The lowest BCUT2D eigenvalue weighted by Gasteiger charge is -2.30. The van der Waals surface area contributed by atoms with Gasteiger partial charge in [0.2, 0.25) is 11.8 Å². The molecule has 5 nitrogen and oxygen atoms in total. The van der Waals surface area contributed by atoms with Crippen LogP contribution in [0.15, 0.2) is 24.3 Å². The summed E-state index contributed by atoms with van der Waals surface area (Å²) >= 11 is 0. The van der Waals surface area contributed by atoms with Crippen molar-refractivity contribution in [1.82, 2.24) is 4.90 Å². The van der Waals surface area contributed by atoms with E-state index in [1.807, 2.05) is 45.0 Å². The summed E-state index contributed by atoms with van der Waals surface area (Å²) in [5, 5.41) is 0. The molecule has 1 heterocycles. The molecule has 1 aromatic carbocycles. The first-order valence-corrected chi connectivity index (χ1v) is 9.86. The topological polar surface area (TPSA) is 57.7 Å². The summed E-state index contributed by atoms with van der Waals surface area (Å²) in [6.45, 7) is 10.2. The van der Waals surface area contributed by atoms with Gasteiger partial charge in [-0.2, -0.15) is 0 Å². The Bertz CT molecular complexity index is 742. The van der Waals surface area contributed by atoms with E-state index in [0.29, 0.717) is 18.0 Å². The number of benzene rings is 1. The molecule has 5 heteroatoms. The van der Waals surface area contributed by atoms with Crippen molar-refractivity contribution in [2.45, 2.75) is 78.3 Å². The maximum Gasteiger partial charge on any atom is 0.257 e. The zero-order valence-electron chi connectivity index (χ0n) is 17.0. The molecule has 1 saturated heterocycles. The van der Waals surface area contributed by atoms with Crippen molar-refractivity contribution in [3.8, 4) is 0 Å². The van der Waals surface area contributed by atoms with Crippen LogP contribution in [0.4, 0.5) is 5.69 Å². The van der Waals surface area contributed by atoms with Crippen molar-refractivity contribution < 1.29 is 14.4 Å². The van der Waals surface area contributed by atoms with Gasteiger partial charge in [0.05, 0.1) is 12.1 Å². The standard InChI is InChI=1S/C22H30N2O3/c1-14(2)15-6-8-17(9-7-15)24-19(25)12-18(21(24)27)23(16-10-11-16)20(26)13-22(3,4)5/h6-9,14,16,18H,10-13H2,1-5H3. The normalized spacial score (nSPS) is 20.5. The van der Waals surface area contributed by atoms with E-state index in [2.05, 4.69) is 13.8 Å². The fraction of sp³-hybridized carbons (Fsp3) is 0.591. The van der Waals surface area contributed by atoms with Crippen LogP contribution in [0.3, 0.4) is 0 Å². The maximum atomic E-state index is 13.1. The summed E-state index contributed by atoms with van der Waals surface area (Å²) in [6, 6.07) is 7.00. The van der Waals surface area contributed by atoms with E-state index in [-0.39, 0.29) is 35.6 Å². The third kappa shape index (κ3) is 4.23. The predicted octanol–water partition coefficient (Wildman–Crippen LogP) is 3.87. The van der Waals surface area contributed by atoms with Crippen LogP contribution in [0.1, 0.15) is 71.8 Å². The summed E-state index contributed by atoms with van der Waals surface area (Å²) in [5.41, 5.74) is 1.60. The van der Waals surface area contributed by atoms with Gasteiger partial charge < -0.3 is 4.90 Å². The number of imide groups is 1. The molecule has 3 rings (SSSR count). The highest BCUT2D eigenvalue weighted by Crippen LogP contribution is 2.36. The first-order valence-electron chi connectivity index (χ1n) is 9.86. The Morgan fingerprint density at radius 2 is 1.74 bits per heavy atom. The van der Waals surface area contributed by atoms with E-state index in [9.17, 15) is 14.4 Å². The van der Waals surface area contributed by atoms with Crippen LogP contribution in [0, 0.1) is 5.41 Å². The second-order valence-corrected chi connectivity index (χ2v) is 9.30. The first kappa shape index (κ1) is 19.6.